The Morgan fingerprint density at radius 1 is 1.47 bits per heavy atom. The summed E-state index contributed by atoms with van der Waals surface area (Å²) in [5.41, 5.74) is 0.783. The predicted molar refractivity (Wildman–Crippen MR) is 64.8 cm³/mol. The van der Waals surface area contributed by atoms with Gasteiger partial charge >= 0.3 is 15.3 Å². The summed E-state index contributed by atoms with van der Waals surface area (Å²) in [6.07, 6.45) is -0.518. The largest absolute Gasteiger partial charge is 0.427 e. The number of aryl methyl sites for hydroxylation is 1. The third-order valence-corrected chi connectivity index (χ3v) is 2.82. The topological polar surface area (TPSA) is 72.5 Å². The van der Waals surface area contributed by atoms with Crippen LogP contribution in [-0.2, 0) is 15.7 Å². The van der Waals surface area contributed by atoms with Gasteiger partial charge in [0.2, 0.25) is 0 Å². The SMILES string of the molecule is CCc1cc(OC(=O)NS(=O)(=O)Cl)ccc1Cl. The smallest absolute Gasteiger partial charge is 0.410 e. The minimum absolute atomic E-state index is 0.184. The summed E-state index contributed by atoms with van der Waals surface area (Å²) in [6.45, 7) is 1.88. The Hall–Kier alpha value is -0.980. The Balaban J connectivity index is 2.79. The summed E-state index contributed by atoms with van der Waals surface area (Å²) in [6, 6.07) is 4.54. The van der Waals surface area contributed by atoms with Gasteiger partial charge in [0.15, 0.2) is 0 Å². The number of carbonyl (C=O) groups is 1. The number of hydrogen-bond donors (Lipinski definition) is 1. The number of carbonyl (C=O) groups excluding carboxylic acids is 1. The van der Waals surface area contributed by atoms with E-state index >= 15 is 0 Å². The maximum atomic E-state index is 11.1. The van der Waals surface area contributed by atoms with E-state index in [1.807, 2.05) is 6.92 Å². The number of benzene rings is 1. The predicted octanol–water partition coefficient (Wildman–Crippen LogP) is 2.47. The van der Waals surface area contributed by atoms with Crippen LogP contribution >= 0.6 is 22.3 Å². The lowest BCUT2D eigenvalue weighted by atomic mass is 10.2. The molecule has 17 heavy (non-hydrogen) atoms. The molecular weight excluding hydrogens is 289 g/mol. The van der Waals surface area contributed by atoms with Crippen LogP contribution in [0.15, 0.2) is 18.2 Å². The van der Waals surface area contributed by atoms with Crippen molar-refractivity contribution in [3.8, 4) is 5.75 Å². The quantitative estimate of drug-likeness (QED) is 0.870. The molecule has 94 valence electrons. The van der Waals surface area contributed by atoms with Crippen molar-refractivity contribution < 1.29 is 17.9 Å². The normalized spacial score (nSPS) is 11.0. The van der Waals surface area contributed by atoms with E-state index in [1.165, 1.54) is 10.8 Å². The van der Waals surface area contributed by atoms with E-state index in [1.54, 1.807) is 12.1 Å². The summed E-state index contributed by atoms with van der Waals surface area (Å²) in [5.74, 6) is 0.184. The Morgan fingerprint density at radius 2 is 2.12 bits per heavy atom. The summed E-state index contributed by atoms with van der Waals surface area (Å²) in [7, 11) is 0.672. The maximum absolute atomic E-state index is 11.1. The van der Waals surface area contributed by atoms with Gasteiger partial charge in [0, 0.05) is 15.7 Å². The van der Waals surface area contributed by atoms with E-state index in [-0.39, 0.29) is 5.75 Å². The van der Waals surface area contributed by atoms with Crippen molar-refractivity contribution in [3.63, 3.8) is 0 Å². The average molecular weight is 298 g/mol. The van der Waals surface area contributed by atoms with Crippen LogP contribution in [0, 0.1) is 0 Å². The standard InChI is InChI=1S/C9H9Cl2NO4S/c1-2-6-5-7(3-4-8(6)10)16-9(13)12-17(11,14)15/h3-5H,2H2,1H3,(H,12,13). The van der Waals surface area contributed by atoms with Gasteiger partial charge in [-0.25, -0.2) is 9.52 Å². The van der Waals surface area contributed by atoms with Crippen LogP contribution < -0.4 is 9.46 Å². The van der Waals surface area contributed by atoms with Crippen molar-refractivity contribution in [2.45, 2.75) is 13.3 Å². The molecule has 0 spiro atoms. The van der Waals surface area contributed by atoms with Crippen LogP contribution in [0.1, 0.15) is 12.5 Å². The van der Waals surface area contributed by atoms with Gasteiger partial charge in [-0.05, 0) is 30.2 Å². The second-order valence-electron chi connectivity index (χ2n) is 3.04. The highest BCUT2D eigenvalue weighted by Crippen LogP contribution is 2.22. The van der Waals surface area contributed by atoms with Gasteiger partial charge in [-0.1, -0.05) is 18.5 Å². The van der Waals surface area contributed by atoms with Crippen molar-refractivity contribution in [2.24, 2.45) is 0 Å². The molecule has 0 radical (unpaired) electrons. The fourth-order valence-electron chi connectivity index (χ4n) is 1.11. The van der Waals surface area contributed by atoms with Gasteiger partial charge in [-0.2, -0.15) is 8.42 Å². The summed E-state index contributed by atoms with van der Waals surface area (Å²) in [5, 5.41) is 0.547. The molecule has 1 rings (SSSR count). The summed E-state index contributed by atoms with van der Waals surface area (Å²) >= 11 is 5.87. The highest BCUT2D eigenvalue weighted by atomic mass is 35.7. The maximum Gasteiger partial charge on any atom is 0.427 e. The fraction of sp³-hybridized carbons (Fsp3) is 0.222. The summed E-state index contributed by atoms with van der Waals surface area (Å²) in [4.78, 5) is 11.1. The van der Waals surface area contributed by atoms with Gasteiger partial charge in [-0.3, -0.25) is 0 Å². The molecule has 0 bridgehead atoms. The number of halogens is 2. The van der Waals surface area contributed by atoms with Crippen LogP contribution in [0.4, 0.5) is 4.79 Å². The van der Waals surface area contributed by atoms with Gasteiger partial charge in [-0.15, -0.1) is 0 Å². The van der Waals surface area contributed by atoms with E-state index in [9.17, 15) is 13.2 Å². The Labute approximate surface area is 108 Å². The minimum Gasteiger partial charge on any atom is -0.410 e. The number of hydrogen-bond acceptors (Lipinski definition) is 4. The zero-order chi connectivity index (χ0) is 13.1. The molecule has 0 unspecified atom stereocenters. The van der Waals surface area contributed by atoms with Crippen molar-refractivity contribution in [1.82, 2.24) is 4.72 Å². The average Bonchev–Trinajstić information content (AvgIpc) is 2.18. The van der Waals surface area contributed by atoms with Crippen LogP contribution in [-0.4, -0.2) is 14.5 Å². The van der Waals surface area contributed by atoms with Crippen LogP contribution in [0.2, 0.25) is 5.02 Å². The highest BCUT2D eigenvalue weighted by molar-refractivity contribution is 8.12. The first-order valence-corrected chi connectivity index (χ1v) is 7.23. The third-order valence-electron chi connectivity index (χ3n) is 1.81. The molecule has 1 aromatic rings. The molecule has 0 aromatic heterocycles. The van der Waals surface area contributed by atoms with Crippen LogP contribution in [0.25, 0.3) is 0 Å². The molecule has 0 aliphatic rings. The van der Waals surface area contributed by atoms with Crippen LogP contribution in [0.5, 0.6) is 5.75 Å². The molecule has 0 saturated carbocycles. The second kappa shape index (κ2) is 5.57. The Morgan fingerprint density at radius 3 is 2.65 bits per heavy atom. The molecule has 0 aliphatic heterocycles. The van der Waals surface area contributed by atoms with Crippen molar-refractivity contribution in [2.75, 3.05) is 0 Å². The van der Waals surface area contributed by atoms with E-state index in [4.69, 9.17) is 27.0 Å². The number of nitrogens with one attached hydrogen (secondary N) is 1. The molecule has 1 aromatic carbocycles. The lowest BCUT2D eigenvalue weighted by Crippen LogP contribution is -2.29. The molecule has 0 fully saturated rings. The Kier molecular flexibility index (Phi) is 4.62. The molecule has 1 amide bonds. The number of rotatable bonds is 3. The lowest BCUT2D eigenvalue weighted by molar-refractivity contribution is 0.207. The molecule has 0 heterocycles. The van der Waals surface area contributed by atoms with E-state index in [0.29, 0.717) is 11.4 Å². The minimum atomic E-state index is -4.15. The summed E-state index contributed by atoms with van der Waals surface area (Å²) < 4.78 is 27.3. The van der Waals surface area contributed by atoms with Gasteiger partial charge in [0.05, 0.1) is 0 Å². The van der Waals surface area contributed by atoms with E-state index in [2.05, 4.69) is 0 Å². The van der Waals surface area contributed by atoms with E-state index < -0.39 is 15.3 Å². The Bertz CT molecular complexity index is 530. The van der Waals surface area contributed by atoms with Gasteiger partial charge < -0.3 is 4.74 Å². The first-order valence-electron chi connectivity index (χ1n) is 4.54. The monoisotopic (exact) mass is 297 g/mol. The zero-order valence-corrected chi connectivity index (χ0v) is 11.1. The highest BCUT2D eigenvalue weighted by Gasteiger charge is 2.13. The van der Waals surface area contributed by atoms with E-state index in [0.717, 1.165) is 5.56 Å². The van der Waals surface area contributed by atoms with Crippen molar-refractivity contribution in [3.05, 3.63) is 28.8 Å². The first kappa shape index (κ1) is 14.1. The number of ether oxygens (including phenoxy) is 1. The first-order chi connectivity index (χ1) is 7.81. The fourth-order valence-corrected chi connectivity index (χ4v) is 1.79. The molecule has 8 heteroatoms. The van der Waals surface area contributed by atoms with Crippen molar-refractivity contribution >= 4 is 37.6 Å². The lowest BCUT2D eigenvalue weighted by Gasteiger charge is -2.06. The third kappa shape index (κ3) is 4.80. The zero-order valence-electron chi connectivity index (χ0n) is 8.74. The molecule has 0 aliphatic carbocycles. The van der Waals surface area contributed by atoms with Crippen LogP contribution in [0.3, 0.4) is 0 Å². The molecule has 5 nitrogen and oxygen atoms in total. The number of amides is 1. The van der Waals surface area contributed by atoms with Gasteiger partial charge in [0.1, 0.15) is 5.75 Å². The van der Waals surface area contributed by atoms with Crippen molar-refractivity contribution in [1.29, 1.82) is 0 Å². The second-order valence-corrected chi connectivity index (χ2v) is 5.74. The van der Waals surface area contributed by atoms with Gasteiger partial charge in [0.25, 0.3) is 0 Å². The molecule has 0 atom stereocenters. The molecular formula is C9H9Cl2NO4S. The molecule has 0 saturated heterocycles. The molecule has 1 N–H and O–H groups in total.